The highest BCUT2D eigenvalue weighted by Gasteiger charge is 2.20. The maximum Gasteiger partial charge on any atom is 0.237 e. The van der Waals surface area contributed by atoms with E-state index < -0.39 is 0 Å². The summed E-state index contributed by atoms with van der Waals surface area (Å²) < 4.78 is 2.22. The van der Waals surface area contributed by atoms with E-state index in [2.05, 4.69) is 35.6 Å². The molecule has 1 amide bonds. The van der Waals surface area contributed by atoms with Crippen LogP contribution in [0, 0.1) is 26.7 Å². The van der Waals surface area contributed by atoms with Gasteiger partial charge in [0.1, 0.15) is 0 Å². The number of rotatable bonds is 6. The molecule has 0 aliphatic heterocycles. The number of aryl methyl sites for hydroxylation is 2. The quantitative estimate of drug-likeness (QED) is 0.779. The fourth-order valence-corrected chi connectivity index (χ4v) is 3.40. The van der Waals surface area contributed by atoms with E-state index in [1.807, 2.05) is 45.0 Å². The van der Waals surface area contributed by atoms with Crippen molar-refractivity contribution in [3.63, 3.8) is 0 Å². The van der Waals surface area contributed by atoms with Gasteiger partial charge in [-0.05, 0) is 45.7 Å². The average Bonchev–Trinajstić information content (AvgIpc) is 2.76. The second-order valence-corrected chi connectivity index (χ2v) is 7.99. The number of nitrogens with one attached hydrogen (secondary N) is 1. The zero-order valence-electron chi connectivity index (χ0n) is 15.4. The molecule has 2 aromatic rings. The van der Waals surface area contributed by atoms with Gasteiger partial charge in [0.15, 0.2) is 5.16 Å². The van der Waals surface area contributed by atoms with Crippen LogP contribution in [0.4, 0.5) is 5.69 Å². The Bertz CT molecular complexity index is 704. The molecule has 0 spiro atoms. The molecule has 1 unspecified atom stereocenters. The third-order valence-electron chi connectivity index (χ3n) is 3.94. The van der Waals surface area contributed by atoms with Gasteiger partial charge < -0.3 is 9.88 Å². The monoisotopic (exact) mass is 345 g/mol. The molecular formula is C19H27N3OS. The van der Waals surface area contributed by atoms with Crippen LogP contribution in [-0.2, 0) is 11.3 Å². The number of aromatic nitrogens is 2. The van der Waals surface area contributed by atoms with Crippen LogP contribution in [0.25, 0.3) is 0 Å². The second kappa shape index (κ2) is 7.88. The number of thioether (sulfide) groups is 1. The van der Waals surface area contributed by atoms with Crippen LogP contribution in [0.3, 0.4) is 0 Å². The molecule has 0 radical (unpaired) electrons. The van der Waals surface area contributed by atoms with Gasteiger partial charge in [0.2, 0.25) is 5.91 Å². The molecule has 1 aromatic heterocycles. The molecule has 1 heterocycles. The second-order valence-electron chi connectivity index (χ2n) is 6.69. The molecule has 130 valence electrons. The summed E-state index contributed by atoms with van der Waals surface area (Å²) in [6.07, 6.45) is 0. The van der Waals surface area contributed by atoms with Crippen LogP contribution < -0.4 is 5.32 Å². The van der Waals surface area contributed by atoms with Gasteiger partial charge in [0, 0.05) is 17.9 Å². The van der Waals surface area contributed by atoms with Crippen molar-refractivity contribution in [1.29, 1.82) is 0 Å². The van der Waals surface area contributed by atoms with Crippen molar-refractivity contribution in [3.05, 3.63) is 41.2 Å². The molecule has 1 N–H and O–H groups in total. The van der Waals surface area contributed by atoms with Crippen LogP contribution in [-0.4, -0.2) is 20.7 Å². The standard InChI is InChI=1S/C19H27N3OS/c1-12(2)11-22-15(5)14(4)20-19(22)24-16(6)18(23)21-17-9-7-13(3)8-10-17/h7-10,12,16H,11H2,1-6H3,(H,21,23). The summed E-state index contributed by atoms with van der Waals surface area (Å²) in [5.41, 5.74) is 4.22. The van der Waals surface area contributed by atoms with Crippen LogP contribution in [0.5, 0.6) is 0 Å². The molecule has 0 aliphatic rings. The molecule has 1 aromatic carbocycles. The lowest BCUT2D eigenvalue weighted by Gasteiger charge is -2.15. The highest BCUT2D eigenvalue weighted by atomic mass is 32.2. The first kappa shape index (κ1) is 18.6. The molecule has 0 fully saturated rings. The molecule has 24 heavy (non-hydrogen) atoms. The van der Waals surface area contributed by atoms with E-state index in [1.54, 1.807) is 0 Å². The third-order valence-corrected chi connectivity index (χ3v) is 5.03. The van der Waals surface area contributed by atoms with Gasteiger partial charge in [-0.2, -0.15) is 0 Å². The highest BCUT2D eigenvalue weighted by Crippen LogP contribution is 2.27. The molecule has 0 aliphatic carbocycles. The molecule has 5 heteroatoms. The van der Waals surface area contributed by atoms with Gasteiger partial charge in [-0.15, -0.1) is 0 Å². The summed E-state index contributed by atoms with van der Waals surface area (Å²) in [7, 11) is 0. The first-order valence-corrected chi connectivity index (χ1v) is 9.23. The topological polar surface area (TPSA) is 46.9 Å². The van der Waals surface area contributed by atoms with Gasteiger partial charge in [-0.3, -0.25) is 4.79 Å². The SMILES string of the molecule is Cc1ccc(NC(=O)C(C)Sc2nc(C)c(C)n2CC(C)C)cc1. The minimum atomic E-state index is -0.210. The van der Waals surface area contributed by atoms with E-state index in [0.29, 0.717) is 5.92 Å². The number of anilines is 1. The van der Waals surface area contributed by atoms with Crippen molar-refractivity contribution in [2.45, 2.75) is 58.5 Å². The van der Waals surface area contributed by atoms with E-state index in [4.69, 9.17) is 0 Å². The Morgan fingerprint density at radius 1 is 1.17 bits per heavy atom. The fraction of sp³-hybridized carbons (Fsp3) is 0.474. The normalized spacial score (nSPS) is 12.5. The Balaban J connectivity index is 2.08. The average molecular weight is 346 g/mol. The number of carbonyl (C=O) groups excluding carboxylic acids is 1. The Kier molecular flexibility index (Phi) is 6.10. The predicted molar refractivity (Wildman–Crippen MR) is 102 cm³/mol. The fourth-order valence-electron chi connectivity index (χ4n) is 2.39. The van der Waals surface area contributed by atoms with E-state index in [9.17, 15) is 4.79 Å². The van der Waals surface area contributed by atoms with Gasteiger partial charge >= 0.3 is 0 Å². The molecular weight excluding hydrogens is 318 g/mol. The summed E-state index contributed by atoms with van der Waals surface area (Å²) in [4.78, 5) is 17.1. The van der Waals surface area contributed by atoms with Crippen LogP contribution in [0.15, 0.2) is 29.4 Å². The number of carbonyl (C=O) groups is 1. The number of hydrogen-bond acceptors (Lipinski definition) is 3. The number of imidazole rings is 1. The van der Waals surface area contributed by atoms with Crippen molar-refractivity contribution in [2.24, 2.45) is 5.92 Å². The highest BCUT2D eigenvalue weighted by molar-refractivity contribution is 8.00. The number of hydrogen-bond donors (Lipinski definition) is 1. The van der Waals surface area contributed by atoms with E-state index in [1.165, 1.54) is 23.0 Å². The molecule has 0 bridgehead atoms. The first-order chi connectivity index (χ1) is 11.3. The minimum Gasteiger partial charge on any atom is -0.325 e. The van der Waals surface area contributed by atoms with E-state index >= 15 is 0 Å². The van der Waals surface area contributed by atoms with E-state index in [0.717, 1.165) is 23.1 Å². The predicted octanol–water partition coefficient (Wildman–Crippen LogP) is 4.58. The zero-order chi connectivity index (χ0) is 17.9. The summed E-state index contributed by atoms with van der Waals surface area (Å²) in [5, 5.41) is 3.69. The van der Waals surface area contributed by atoms with Gasteiger partial charge in [0.05, 0.1) is 10.9 Å². The number of amides is 1. The Hall–Kier alpha value is -1.75. The van der Waals surface area contributed by atoms with Crippen molar-refractivity contribution in [3.8, 4) is 0 Å². The summed E-state index contributed by atoms with van der Waals surface area (Å²) in [6, 6.07) is 7.85. The Morgan fingerprint density at radius 3 is 2.38 bits per heavy atom. The molecule has 1 atom stereocenters. The van der Waals surface area contributed by atoms with Crippen molar-refractivity contribution in [2.75, 3.05) is 5.32 Å². The van der Waals surface area contributed by atoms with E-state index in [-0.39, 0.29) is 11.2 Å². The molecule has 4 nitrogen and oxygen atoms in total. The van der Waals surface area contributed by atoms with Crippen LogP contribution in [0.2, 0.25) is 0 Å². The lowest BCUT2D eigenvalue weighted by molar-refractivity contribution is -0.115. The van der Waals surface area contributed by atoms with Gasteiger partial charge in [0.25, 0.3) is 0 Å². The van der Waals surface area contributed by atoms with Gasteiger partial charge in [-0.1, -0.05) is 43.3 Å². The zero-order valence-corrected chi connectivity index (χ0v) is 16.2. The summed E-state index contributed by atoms with van der Waals surface area (Å²) >= 11 is 1.52. The Morgan fingerprint density at radius 2 is 1.79 bits per heavy atom. The largest absolute Gasteiger partial charge is 0.325 e. The van der Waals surface area contributed by atoms with Crippen molar-refractivity contribution in [1.82, 2.24) is 9.55 Å². The first-order valence-electron chi connectivity index (χ1n) is 8.35. The minimum absolute atomic E-state index is 0.00161. The van der Waals surface area contributed by atoms with Crippen molar-refractivity contribution < 1.29 is 4.79 Å². The number of benzene rings is 1. The maximum absolute atomic E-state index is 12.5. The smallest absolute Gasteiger partial charge is 0.237 e. The summed E-state index contributed by atoms with van der Waals surface area (Å²) in [5.74, 6) is 0.534. The Labute approximate surface area is 149 Å². The summed E-state index contributed by atoms with van der Waals surface area (Å²) in [6.45, 7) is 13.4. The maximum atomic E-state index is 12.5. The lowest BCUT2D eigenvalue weighted by atomic mass is 10.2. The lowest BCUT2D eigenvalue weighted by Crippen LogP contribution is -2.23. The van der Waals surface area contributed by atoms with Crippen LogP contribution >= 0.6 is 11.8 Å². The van der Waals surface area contributed by atoms with Crippen molar-refractivity contribution >= 4 is 23.4 Å². The van der Waals surface area contributed by atoms with Crippen LogP contribution in [0.1, 0.15) is 37.7 Å². The number of nitrogens with zero attached hydrogens (tertiary/aromatic N) is 2. The molecule has 0 saturated carbocycles. The molecule has 0 saturated heterocycles. The van der Waals surface area contributed by atoms with Gasteiger partial charge in [-0.25, -0.2) is 4.98 Å². The molecule has 2 rings (SSSR count). The third kappa shape index (κ3) is 4.63.